The van der Waals surface area contributed by atoms with E-state index in [0.717, 1.165) is 6.08 Å². The topological polar surface area (TPSA) is 44.8 Å². The first-order valence-corrected chi connectivity index (χ1v) is 3.76. The first kappa shape index (κ1) is 11.1. The van der Waals surface area contributed by atoms with Crippen molar-refractivity contribution < 1.29 is 19.0 Å². The average molecular weight is 174 g/mol. The van der Waals surface area contributed by atoms with Gasteiger partial charge in [-0.05, 0) is 6.92 Å². The minimum atomic E-state index is -0.435. The highest BCUT2D eigenvalue weighted by Crippen LogP contribution is 1.82. The lowest BCUT2D eigenvalue weighted by atomic mass is 10.6. The number of carbonyl (C=O) groups excluding carboxylic acids is 1. The Morgan fingerprint density at radius 2 is 2.17 bits per heavy atom. The van der Waals surface area contributed by atoms with Gasteiger partial charge in [0.1, 0.15) is 13.4 Å². The Morgan fingerprint density at radius 1 is 1.42 bits per heavy atom. The van der Waals surface area contributed by atoms with Crippen molar-refractivity contribution in [1.82, 2.24) is 0 Å². The SMILES string of the molecule is C=CC(=O)OCCOCOCC. The van der Waals surface area contributed by atoms with Crippen molar-refractivity contribution in [1.29, 1.82) is 0 Å². The number of hydrogen-bond acceptors (Lipinski definition) is 4. The molecule has 0 radical (unpaired) electrons. The van der Waals surface area contributed by atoms with Gasteiger partial charge >= 0.3 is 5.97 Å². The molecule has 0 aliphatic carbocycles. The third-order valence-electron chi connectivity index (χ3n) is 1.01. The minimum Gasteiger partial charge on any atom is -0.460 e. The van der Waals surface area contributed by atoms with Crippen molar-refractivity contribution in [2.24, 2.45) is 0 Å². The van der Waals surface area contributed by atoms with Crippen molar-refractivity contribution in [2.75, 3.05) is 26.6 Å². The summed E-state index contributed by atoms with van der Waals surface area (Å²) in [6.07, 6.45) is 1.11. The second-order valence-electron chi connectivity index (χ2n) is 1.89. The molecule has 0 amide bonds. The Labute approximate surface area is 72.1 Å². The molecule has 0 saturated carbocycles. The van der Waals surface area contributed by atoms with Gasteiger partial charge in [0.15, 0.2) is 0 Å². The highest BCUT2D eigenvalue weighted by Gasteiger charge is 1.93. The Hall–Kier alpha value is -0.870. The maximum Gasteiger partial charge on any atom is 0.330 e. The molecular formula is C8H14O4. The van der Waals surface area contributed by atoms with E-state index in [1.807, 2.05) is 6.92 Å². The predicted molar refractivity (Wildman–Crippen MR) is 43.6 cm³/mol. The molecule has 4 heteroatoms. The van der Waals surface area contributed by atoms with E-state index in [4.69, 9.17) is 9.47 Å². The number of rotatable bonds is 7. The van der Waals surface area contributed by atoms with Crippen LogP contribution in [-0.2, 0) is 19.0 Å². The fourth-order valence-corrected chi connectivity index (χ4v) is 0.461. The number of carbonyl (C=O) groups is 1. The van der Waals surface area contributed by atoms with E-state index in [1.54, 1.807) is 0 Å². The second-order valence-corrected chi connectivity index (χ2v) is 1.89. The van der Waals surface area contributed by atoms with Gasteiger partial charge in [0.05, 0.1) is 6.61 Å². The van der Waals surface area contributed by atoms with Crippen molar-refractivity contribution in [3.05, 3.63) is 12.7 Å². The number of hydrogen-bond donors (Lipinski definition) is 0. The molecule has 0 N–H and O–H groups in total. The fourth-order valence-electron chi connectivity index (χ4n) is 0.461. The Bertz CT molecular complexity index is 133. The van der Waals surface area contributed by atoms with Crippen LogP contribution in [0.4, 0.5) is 0 Å². The second kappa shape index (κ2) is 8.23. The van der Waals surface area contributed by atoms with Crippen molar-refractivity contribution in [3.63, 3.8) is 0 Å². The molecule has 0 aromatic rings. The maximum atomic E-state index is 10.5. The van der Waals surface area contributed by atoms with Gasteiger partial charge in [-0.3, -0.25) is 0 Å². The molecule has 4 nitrogen and oxygen atoms in total. The van der Waals surface area contributed by atoms with Gasteiger partial charge in [-0.1, -0.05) is 6.58 Å². The molecule has 0 unspecified atom stereocenters. The highest BCUT2D eigenvalue weighted by atomic mass is 16.7. The lowest BCUT2D eigenvalue weighted by molar-refractivity contribution is -0.141. The zero-order valence-electron chi connectivity index (χ0n) is 7.25. The molecule has 0 bridgehead atoms. The van der Waals surface area contributed by atoms with Crippen LogP contribution in [0.3, 0.4) is 0 Å². The molecule has 0 aromatic carbocycles. The summed E-state index contributed by atoms with van der Waals surface area (Å²) in [6.45, 7) is 6.56. The Balaban J connectivity index is 3.00. The van der Waals surface area contributed by atoms with Crippen LogP contribution in [0.15, 0.2) is 12.7 Å². The molecule has 0 saturated heterocycles. The van der Waals surface area contributed by atoms with E-state index in [1.165, 1.54) is 0 Å². The Kier molecular flexibility index (Phi) is 7.63. The van der Waals surface area contributed by atoms with Crippen molar-refractivity contribution in [2.45, 2.75) is 6.92 Å². The van der Waals surface area contributed by atoms with Gasteiger partial charge in [-0.15, -0.1) is 0 Å². The van der Waals surface area contributed by atoms with Crippen LogP contribution in [0.2, 0.25) is 0 Å². The normalized spacial score (nSPS) is 9.42. The standard InChI is InChI=1S/C8H14O4/c1-3-8(9)12-6-5-11-7-10-4-2/h3H,1,4-7H2,2H3. The molecule has 12 heavy (non-hydrogen) atoms. The van der Waals surface area contributed by atoms with E-state index in [9.17, 15) is 4.79 Å². The van der Waals surface area contributed by atoms with Gasteiger partial charge in [0, 0.05) is 12.7 Å². The summed E-state index contributed by atoms with van der Waals surface area (Å²) in [4.78, 5) is 10.5. The molecule has 0 aromatic heterocycles. The first-order valence-electron chi connectivity index (χ1n) is 3.76. The van der Waals surface area contributed by atoms with Crippen LogP contribution in [0.5, 0.6) is 0 Å². The van der Waals surface area contributed by atoms with Crippen LogP contribution in [-0.4, -0.2) is 32.6 Å². The summed E-state index contributed by atoms with van der Waals surface area (Å²) in [5, 5.41) is 0. The lowest BCUT2D eigenvalue weighted by Gasteiger charge is -2.03. The molecule has 70 valence electrons. The van der Waals surface area contributed by atoms with Gasteiger partial charge in [-0.2, -0.15) is 0 Å². The summed E-state index contributed by atoms with van der Waals surface area (Å²) in [7, 11) is 0. The molecule has 0 spiro atoms. The lowest BCUT2D eigenvalue weighted by Crippen LogP contribution is -2.09. The van der Waals surface area contributed by atoms with Gasteiger partial charge in [-0.25, -0.2) is 4.79 Å². The number of esters is 1. The quantitative estimate of drug-likeness (QED) is 0.247. The highest BCUT2D eigenvalue weighted by molar-refractivity contribution is 5.81. The van der Waals surface area contributed by atoms with Gasteiger partial charge in [0.25, 0.3) is 0 Å². The molecule has 0 atom stereocenters. The molecule has 0 rings (SSSR count). The summed E-state index contributed by atoms with van der Waals surface area (Å²) >= 11 is 0. The summed E-state index contributed by atoms with van der Waals surface area (Å²) in [6, 6.07) is 0. The fraction of sp³-hybridized carbons (Fsp3) is 0.625. The minimum absolute atomic E-state index is 0.234. The van der Waals surface area contributed by atoms with E-state index in [0.29, 0.717) is 13.2 Å². The Morgan fingerprint density at radius 3 is 2.75 bits per heavy atom. The molecule has 0 aliphatic rings. The first-order chi connectivity index (χ1) is 5.81. The van der Waals surface area contributed by atoms with Crippen molar-refractivity contribution >= 4 is 5.97 Å². The van der Waals surface area contributed by atoms with Crippen LogP contribution >= 0.6 is 0 Å². The van der Waals surface area contributed by atoms with Crippen LogP contribution in [0.25, 0.3) is 0 Å². The zero-order valence-corrected chi connectivity index (χ0v) is 7.25. The monoisotopic (exact) mass is 174 g/mol. The van der Waals surface area contributed by atoms with Crippen LogP contribution in [0.1, 0.15) is 6.92 Å². The van der Waals surface area contributed by atoms with E-state index >= 15 is 0 Å². The van der Waals surface area contributed by atoms with Gasteiger partial charge < -0.3 is 14.2 Å². The van der Waals surface area contributed by atoms with E-state index in [-0.39, 0.29) is 13.4 Å². The smallest absolute Gasteiger partial charge is 0.330 e. The number of ether oxygens (including phenoxy) is 3. The maximum absolute atomic E-state index is 10.5. The predicted octanol–water partition coefficient (Wildman–Crippen LogP) is 0.726. The van der Waals surface area contributed by atoms with E-state index < -0.39 is 5.97 Å². The third kappa shape index (κ3) is 7.24. The molecule has 0 heterocycles. The van der Waals surface area contributed by atoms with Crippen molar-refractivity contribution in [3.8, 4) is 0 Å². The van der Waals surface area contributed by atoms with Crippen LogP contribution in [0, 0.1) is 0 Å². The van der Waals surface area contributed by atoms with Crippen LogP contribution < -0.4 is 0 Å². The molecule has 0 aliphatic heterocycles. The largest absolute Gasteiger partial charge is 0.460 e. The average Bonchev–Trinajstić information content (AvgIpc) is 2.10. The van der Waals surface area contributed by atoms with E-state index in [2.05, 4.69) is 11.3 Å². The third-order valence-corrected chi connectivity index (χ3v) is 1.01. The molecule has 0 fully saturated rings. The summed E-state index contributed by atoms with van der Waals surface area (Å²) < 4.78 is 14.5. The molecular weight excluding hydrogens is 160 g/mol. The summed E-state index contributed by atoms with van der Waals surface area (Å²) in [5.74, 6) is -0.435. The summed E-state index contributed by atoms with van der Waals surface area (Å²) in [5.41, 5.74) is 0. The zero-order chi connectivity index (χ0) is 9.23. The van der Waals surface area contributed by atoms with Gasteiger partial charge in [0.2, 0.25) is 0 Å².